The van der Waals surface area contributed by atoms with Gasteiger partial charge in [0.05, 0.1) is 24.5 Å². The summed E-state index contributed by atoms with van der Waals surface area (Å²) >= 11 is 0. The molecule has 0 aliphatic carbocycles. The smallest absolute Gasteiger partial charge is 0.167 e. The molecular formula is C10H9FN2O. The molecule has 0 amide bonds. The molecule has 0 saturated heterocycles. The van der Waals surface area contributed by atoms with Crippen LogP contribution in [0.3, 0.4) is 0 Å². The van der Waals surface area contributed by atoms with Crippen LogP contribution in [-0.4, -0.2) is 12.1 Å². The van der Waals surface area contributed by atoms with E-state index in [-0.39, 0.29) is 5.75 Å². The van der Waals surface area contributed by atoms with Gasteiger partial charge in [-0.05, 0) is 12.1 Å². The maximum absolute atomic E-state index is 13.2. The number of aromatic nitrogens is 1. The minimum absolute atomic E-state index is 0.199. The van der Waals surface area contributed by atoms with Crippen molar-refractivity contribution in [2.45, 2.75) is 0 Å². The van der Waals surface area contributed by atoms with E-state index >= 15 is 0 Å². The predicted octanol–water partition coefficient (Wildman–Crippen LogP) is 1.96. The highest BCUT2D eigenvalue weighted by Gasteiger charge is 2.05. The van der Waals surface area contributed by atoms with Gasteiger partial charge in [-0.1, -0.05) is 0 Å². The van der Waals surface area contributed by atoms with Crippen LogP contribution in [-0.2, 0) is 0 Å². The Labute approximate surface area is 80.3 Å². The van der Waals surface area contributed by atoms with Crippen LogP contribution in [0.4, 0.5) is 10.1 Å². The van der Waals surface area contributed by atoms with Crippen LogP contribution in [0.2, 0.25) is 0 Å². The van der Waals surface area contributed by atoms with Gasteiger partial charge in [-0.25, -0.2) is 4.39 Å². The van der Waals surface area contributed by atoms with Crippen LogP contribution in [0.5, 0.6) is 5.75 Å². The second-order valence-corrected chi connectivity index (χ2v) is 2.95. The number of pyridine rings is 1. The molecule has 72 valence electrons. The Balaban J connectivity index is 2.73. The molecule has 0 saturated carbocycles. The first kappa shape index (κ1) is 8.74. The zero-order valence-electron chi connectivity index (χ0n) is 7.62. The third kappa shape index (κ3) is 1.35. The zero-order chi connectivity index (χ0) is 10.1. The minimum atomic E-state index is -0.419. The van der Waals surface area contributed by atoms with Gasteiger partial charge in [-0.15, -0.1) is 0 Å². The number of nitrogen functional groups attached to an aromatic ring is 1. The van der Waals surface area contributed by atoms with Gasteiger partial charge in [0.1, 0.15) is 0 Å². The van der Waals surface area contributed by atoms with E-state index in [1.807, 2.05) is 0 Å². The largest absolute Gasteiger partial charge is 0.494 e. The topological polar surface area (TPSA) is 48.1 Å². The van der Waals surface area contributed by atoms with Crippen molar-refractivity contribution in [2.75, 3.05) is 12.8 Å². The van der Waals surface area contributed by atoms with Crippen molar-refractivity contribution in [2.24, 2.45) is 0 Å². The van der Waals surface area contributed by atoms with Crippen LogP contribution in [0.1, 0.15) is 0 Å². The molecule has 0 fully saturated rings. The summed E-state index contributed by atoms with van der Waals surface area (Å²) in [6.45, 7) is 0. The molecule has 2 rings (SSSR count). The zero-order valence-corrected chi connectivity index (χ0v) is 7.62. The van der Waals surface area contributed by atoms with E-state index < -0.39 is 5.82 Å². The molecule has 1 heterocycles. The Morgan fingerprint density at radius 1 is 1.36 bits per heavy atom. The quantitative estimate of drug-likeness (QED) is 0.751. The second kappa shape index (κ2) is 3.14. The van der Waals surface area contributed by atoms with E-state index in [0.29, 0.717) is 11.2 Å². The monoisotopic (exact) mass is 192 g/mol. The Bertz CT molecular complexity index is 485. The number of halogens is 1. The summed E-state index contributed by atoms with van der Waals surface area (Å²) in [5, 5.41) is 0.767. The Morgan fingerprint density at radius 2 is 2.14 bits per heavy atom. The van der Waals surface area contributed by atoms with E-state index in [4.69, 9.17) is 10.5 Å². The second-order valence-electron chi connectivity index (χ2n) is 2.95. The molecule has 2 N–H and O–H groups in total. The highest BCUT2D eigenvalue weighted by atomic mass is 19.1. The van der Waals surface area contributed by atoms with Crippen LogP contribution >= 0.6 is 0 Å². The lowest BCUT2D eigenvalue weighted by molar-refractivity contribution is 0.387. The van der Waals surface area contributed by atoms with Crippen molar-refractivity contribution < 1.29 is 9.13 Å². The standard InChI is InChI=1S/C10H9FN2O/c1-14-10-3-6-2-7(12)5-13-9(6)4-8(10)11/h2-5H,12H2,1H3. The normalized spacial score (nSPS) is 10.4. The molecule has 0 bridgehead atoms. The predicted molar refractivity (Wildman–Crippen MR) is 52.7 cm³/mol. The fourth-order valence-electron chi connectivity index (χ4n) is 1.30. The highest BCUT2D eigenvalue weighted by molar-refractivity contribution is 5.82. The summed E-state index contributed by atoms with van der Waals surface area (Å²) in [5.41, 5.74) is 6.67. The van der Waals surface area contributed by atoms with Crippen molar-refractivity contribution in [3.05, 3.63) is 30.2 Å². The van der Waals surface area contributed by atoms with Gasteiger partial charge >= 0.3 is 0 Å². The molecule has 14 heavy (non-hydrogen) atoms. The Morgan fingerprint density at radius 3 is 2.86 bits per heavy atom. The molecule has 4 heteroatoms. The fraction of sp³-hybridized carbons (Fsp3) is 0.100. The van der Waals surface area contributed by atoms with Crippen LogP contribution in [0, 0.1) is 5.82 Å². The molecule has 1 aromatic carbocycles. The molecule has 1 aromatic heterocycles. The summed E-state index contributed by atoms with van der Waals surface area (Å²) < 4.78 is 18.1. The number of nitrogens with two attached hydrogens (primary N) is 1. The van der Waals surface area contributed by atoms with E-state index in [1.54, 1.807) is 12.1 Å². The van der Waals surface area contributed by atoms with Crippen molar-refractivity contribution in [1.82, 2.24) is 4.98 Å². The number of hydrogen-bond acceptors (Lipinski definition) is 3. The fourth-order valence-corrected chi connectivity index (χ4v) is 1.30. The summed E-state index contributed by atoms with van der Waals surface area (Å²) in [6.07, 6.45) is 1.49. The summed E-state index contributed by atoms with van der Waals surface area (Å²) in [4.78, 5) is 4.00. The number of methoxy groups -OCH3 is 1. The first-order valence-corrected chi connectivity index (χ1v) is 4.09. The molecule has 0 radical (unpaired) electrons. The number of hydrogen-bond donors (Lipinski definition) is 1. The van der Waals surface area contributed by atoms with Crippen molar-refractivity contribution in [3.8, 4) is 5.75 Å². The van der Waals surface area contributed by atoms with Crippen LogP contribution in [0.25, 0.3) is 10.9 Å². The van der Waals surface area contributed by atoms with E-state index in [9.17, 15) is 4.39 Å². The Kier molecular flexibility index (Phi) is 1.96. The highest BCUT2D eigenvalue weighted by Crippen LogP contribution is 2.24. The van der Waals surface area contributed by atoms with E-state index in [0.717, 1.165) is 5.39 Å². The maximum Gasteiger partial charge on any atom is 0.167 e. The van der Waals surface area contributed by atoms with Gasteiger partial charge < -0.3 is 10.5 Å². The molecule has 0 atom stereocenters. The van der Waals surface area contributed by atoms with E-state index in [1.165, 1.54) is 19.4 Å². The number of ether oxygens (including phenoxy) is 1. The average Bonchev–Trinajstić information content (AvgIpc) is 2.17. The lowest BCUT2D eigenvalue weighted by Gasteiger charge is -2.04. The maximum atomic E-state index is 13.2. The van der Waals surface area contributed by atoms with Crippen molar-refractivity contribution >= 4 is 16.6 Å². The van der Waals surface area contributed by atoms with Gasteiger partial charge in [-0.2, -0.15) is 0 Å². The minimum Gasteiger partial charge on any atom is -0.494 e. The molecule has 2 aromatic rings. The average molecular weight is 192 g/mol. The molecule has 0 unspecified atom stereocenters. The van der Waals surface area contributed by atoms with Crippen LogP contribution in [0.15, 0.2) is 24.4 Å². The molecule has 3 nitrogen and oxygen atoms in total. The third-order valence-corrected chi connectivity index (χ3v) is 1.98. The van der Waals surface area contributed by atoms with E-state index in [2.05, 4.69) is 4.98 Å². The van der Waals surface area contributed by atoms with Crippen molar-refractivity contribution in [3.63, 3.8) is 0 Å². The molecular weight excluding hydrogens is 183 g/mol. The summed E-state index contributed by atoms with van der Waals surface area (Å²) in [6, 6.07) is 4.63. The number of anilines is 1. The van der Waals surface area contributed by atoms with Gasteiger partial charge in [0, 0.05) is 11.5 Å². The number of rotatable bonds is 1. The van der Waals surface area contributed by atoms with Crippen LogP contribution < -0.4 is 10.5 Å². The molecule has 0 spiro atoms. The van der Waals surface area contributed by atoms with Gasteiger partial charge in [-0.3, -0.25) is 4.98 Å². The van der Waals surface area contributed by atoms with Gasteiger partial charge in [0.2, 0.25) is 0 Å². The van der Waals surface area contributed by atoms with Gasteiger partial charge in [0.25, 0.3) is 0 Å². The number of fused-ring (bicyclic) bond motifs is 1. The summed E-state index contributed by atoms with van der Waals surface area (Å²) in [5.74, 6) is -0.220. The molecule has 0 aliphatic rings. The Hall–Kier alpha value is -1.84. The SMILES string of the molecule is COc1cc2cc(N)cnc2cc1F. The first-order valence-electron chi connectivity index (χ1n) is 4.09. The first-order chi connectivity index (χ1) is 6.70. The lowest BCUT2D eigenvalue weighted by atomic mass is 10.2. The van der Waals surface area contributed by atoms with Crippen molar-refractivity contribution in [1.29, 1.82) is 0 Å². The number of benzene rings is 1. The lowest BCUT2D eigenvalue weighted by Crippen LogP contribution is -1.91. The number of nitrogens with zero attached hydrogens (tertiary/aromatic N) is 1. The molecule has 0 aliphatic heterocycles. The summed E-state index contributed by atoms with van der Waals surface area (Å²) in [7, 11) is 1.42. The third-order valence-electron chi connectivity index (χ3n) is 1.98. The van der Waals surface area contributed by atoms with Gasteiger partial charge in [0.15, 0.2) is 11.6 Å².